The van der Waals surface area contributed by atoms with Crippen molar-refractivity contribution in [3.63, 3.8) is 0 Å². The SMILES string of the molecule is CCCCC[C@H]1CC[C@H]([C@H]2CC[C@H](CCCCc3ccc(OC(F)(F)F)cc3)CC2)CC1. The molecule has 2 saturated carbocycles. The second-order valence-electron chi connectivity index (χ2n) is 10.5. The number of benzene rings is 1. The molecule has 2 fully saturated rings. The quantitative estimate of drug-likeness (QED) is 0.304. The van der Waals surface area contributed by atoms with Crippen LogP contribution in [0.2, 0.25) is 0 Å². The van der Waals surface area contributed by atoms with Gasteiger partial charge in [-0.15, -0.1) is 13.2 Å². The Balaban J connectivity index is 1.25. The van der Waals surface area contributed by atoms with E-state index in [1.54, 1.807) is 12.1 Å². The van der Waals surface area contributed by atoms with E-state index in [-0.39, 0.29) is 5.75 Å². The summed E-state index contributed by atoms with van der Waals surface area (Å²) in [7, 11) is 0. The lowest BCUT2D eigenvalue weighted by atomic mass is 9.68. The van der Waals surface area contributed by atoms with Crippen LogP contribution in [0.4, 0.5) is 13.2 Å². The van der Waals surface area contributed by atoms with E-state index < -0.39 is 6.36 Å². The zero-order valence-electron chi connectivity index (χ0n) is 20.0. The molecule has 2 aliphatic carbocycles. The second-order valence-corrected chi connectivity index (χ2v) is 10.5. The number of rotatable bonds is 11. The average molecular weight is 453 g/mol. The molecule has 1 aromatic carbocycles. The number of alkyl halides is 3. The summed E-state index contributed by atoms with van der Waals surface area (Å²) >= 11 is 0. The molecule has 1 aromatic rings. The Labute approximate surface area is 193 Å². The highest BCUT2D eigenvalue weighted by atomic mass is 19.4. The van der Waals surface area contributed by atoms with Gasteiger partial charge in [0.25, 0.3) is 0 Å². The molecule has 4 heteroatoms. The first-order chi connectivity index (χ1) is 15.4. The predicted molar refractivity (Wildman–Crippen MR) is 126 cm³/mol. The summed E-state index contributed by atoms with van der Waals surface area (Å²) in [5, 5.41) is 0. The van der Waals surface area contributed by atoms with Crippen LogP contribution in [0.3, 0.4) is 0 Å². The fourth-order valence-electron chi connectivity index (χ4n) is 6.20. The number of hydrogen-bond acceptors (Lipinski definition) is 1. The molecule has 3 rings (SSSR count). The van der Waals surface area contributed by atoms with Crippen molar-refractivity contribution < 1.29 is 17.9 Å². The Morgan fingerprint density at radius 1 is 0.719 bits per heavy atom. The van der Waals surface area contributed by atoms with Gasteiger partial charge in [-0.05, 0) is 79.9 Å². The van der Waals surface area contributed by atoms with Crippen molar-refractivity contribution in [2.75, 3.05) is 0 Å². The number of ether oxygens (including phenoxy) is 1. The van der Waals surface area contributed by atoms with E-state index in [0.717, 1.165) is 42.1 Å². The molecule has 1 nitrogen and oxygen atoms in total. The molecule has 0 spiro atoms. The summed E-state index contributed by atoms with van der Waals surface area (Å²) in [6.07, 6.45) is 17.3. The van der Waals surface area contributed by atoms with Crippen LogP contribution in [0.15, 0.2) is 24.3 Å². The molecule has 0 saturated heterocycles. The topological polar surface area (TPSA) is 9.23 Å². The van der Waals surface area contributed by atoms with Crippen LogP contribution in [0, 0.1) is 23.7 Å². The molecule has 0 atom stereocenters. The van der Waals surface area contributed by atoms with E-state index in [1.165, 1.54) is 102 Å². The van der Waals surface area contributed by atoms with Gasteiger partial charge in [0.15, 0.2) is 0 Å². The third kappa shape index (κ3) is 8.98. The molecule has 182 valence electrons. The lowest BCUT2D eigenvalue weighted by Gasteiger charge is -2.38. The minimum atomic E-state index is -4.62. The van der Waals surface area contributed by atoms with Crippen LogP contribution in [-0.2, 0) is 6.42 Å². The van der Waals surface area contributed by atoms with Crippen molar-refractivity contribution in [1.82, 2.24) is 0 Å². The van der Waals surface area contributed by atoms with Crippen LogP contribution in [-0.4, -0.2) is 6.36 Å². The van der Waals surface area contributed by atoms with Crippen molar-refractivity contribution >= 4 is 0 Å². The smallest absolute Gasteiger partial charge is 0.406 e. The first kappa shape index (κ1) is 25.4. The van der Waals surface area contributed by atoms with Gasteiger partial charge in [0.1, 0.15) is 5.75 Å². The first-order valence-electron chi connectivity index (χ1n) is 13.3. The minimum absolute atomic E-state index is 0.136. The molecule has 2 aliphatic rings. The first-order valence-corrected chi connectivity index (χ1v) is 13.3. The van der Waals surface area contributed by atoms with Gasteiger partial charge in [-0.3, -0.25) is 0 Å². The number of aryl methyl sites for hydroxylation is 1. The molecular formula is C28H43F3O. The second kappa shape index (κ2) is 12.9. The van der Waals surface area contributed by atoms with E-state index in [4.69, 9.17) is 0 Å². The molecule has 0 amide bonds. The Kier molecular flexibility index (Phi) is 10.2. The molecular weight excluding hydrogens is 409 g/mol. The lowest BCUT2D eigenvalue weighted by molar-refractivity contribution is -0.274. The minimum Gasteiger partial charge on any atom is -0.406 e. The highest BCUT2D eigenvalue weighted by Gasteiger charge is 2.31. The van der Waals surface area contributed by atoms with Gasteiger partial charge in [-0.25, -0.2) is 0 Å². The largest absolute Gasteiger partial charge is 0.573 e. The Morgan fingerprint density at radius 3 is 1.69 bits per heavy atom. The molecule has 0 aliphatic heterocycles. The van der Waals surface area contributed by atoms with E-state index in [2.05, 4.69) is 11.7 Å². The van der Waals surface area contributed by atoms with Gasteiger partial charge in [0.05, 0.1) is 0 Å². The normalized spacial score (nSPS) is 26.8. The van der Waals surface area contributed by atoms with Crippen LogP contribution in [0.1, 0.15) is 109 Å². The summed E-state index contributed by atoms with van der Waals surface area (Å²) in [6.45, 7) is 2.30. The molecule has 0 bridgehead atoms. The summed E-state index contributed by atoms with van der Waals surface area (Å²) in [5.41, 5.74) is 1.09. The van der Waals surface area contributed by atoms with Crippen LogP contribution >= 0.6 is 0 Å². The van der Waals surface area contributed by atoms with Crippen molar-refractivity contribution in [1.29, 1.82) is 0 Å². The van der Waals surface area contributed by atoms with Gasteiger partial charge in [-0.2, -0.15) is 0 Å². The fraction of sp³-hybridized carbons (Fsp3) is 0.786. The van der Waals surface area contributed by atoms with Crippen LogP contribution in [0.5, 0.6) is 5.75 Å². The molecule has 0 aromatic heterocycles. The van der Waals surface area contributed by atoms with Gasteiger partial charge in [0.2, 0.25) is 0 Å². The van der Waals surface area contributed by atoms with Crippen molar-refractivity contribution in [3.05, 3.63) is 29.8 Å². The molecule has 32 heavy (non-hydrogen) atoms. The van der Waals surface area contributed by atoms with Crippen molar-refractivity contribution in [2.24, 2.45) is 23.7 Å². The van der Waals surface area contributed by atoms with E-state index in [9.17, 15) is 13.2 Å². The summed E-state index contributed by atoms with van der Waals surface area (Å²) in [6, 6.07) is 6.35. The number of hydrogen-bond donors (Lipinski definition) is 0. The van der Waals surface area contributed by atoms with E-state index >= 15 is 0 Å². The van der Waals surface area contributed by atoms with Crippen LogP contribution < -0.4 is 4.74 Å². The fourth-order valence-corrected chi connectivity index (χ4v) is 6.20. The third-order valence-electron chi connectivity index (χ3n) is 8.15. The standard InChI is InChI=1S/C28H43F3O/c1-2-3-4-7-22-10-16-25(17-11-22)26-18-12-23(13-19-26)8-5-6-9-24-14-20-27(21-15-24)32-28(29,30)31/h14-15,20-23,25-26H,2-13,16-19H2,1H3/t22-,23-,25-,26-. The zero-order chi connectivity index (χ0) is 22.8. The molecule has 0 unspecified atom stereocenters. The average Bonchev–Trinajstić information content (AvgIpc) is 2.78. The van der Waals surface area contributed by atoms with E-state index in [1.807, 2.05) is 0 Å². The maximum absolute atomic E-state index is 12.2. The number of halogens is 3. The van der Waals surface area contributed by atoms with Gasteiger partial charge < -0.3 is 4.74 Å². The van der Waals surface area contributed by atoms with Gasteiger partial charge in [-0.1, -0.05) is 83.3 Å². The Bertz CT molecular complexity index is 623. The lowest BCUT2D eigenvalue weighted by Crippen LogP contribution is -2.25. The van der Waals surface area contributed by atoms with Crippen LogP contribution in [0.25, 0.3) is 0 Å². The summed E-state index contributed by atoms with van der Waals surface area (Å²) < 4.78 is 40.7. The van der Waals surface area contributed by atoms with Gasteiger partial charge in [0, 0.05) is 0 Å². The monoisotopic (exact) mass is 452 g/mol. The van der Waals surface area contributed by atoms with Crippen molar-refractivity contribution in [2.45, 2.75) is 116 Å². The molecule has 0 N–H and O–H groups in total. The van der Waals surface area contributed by atoms with Crippen molar-refractivity contribution in [3.8, 4) is 5.75 Å². The highest BCUT2D eigenvalue weighted by molar-refractivity contribution is 5.27. The van der Waals surface area contributed by atoms with Gasteiger partial charge >= 0.3 is 6.36 Å². The molecule has 0 radical (unpaired) electrons. The highest BCUT2D eigenvalue weighted by Crippen LogP contribution is 2.43. The maximum Gasteiger partial charge on any atom is 0.573 e. The zero-order valence-corrected chi connectivity index (χ0v) is 20.0. The molecule has 0 heterocycles. The predicted octanol–water partition coefficient (Wildman–Crippen LogP) is 9.49. The van der Waals surface area contributed by atoms with E-state index in [0.29, 0.717) is 0 Å². The Morgan fingerprint density at radius 2 is 1.22 bits per heavy atom. The maximum atomic E-state index is 12.2. The third-order valence-corrected chi connectivity index (χ3v) is 8.15. The summed E-state index contributed by atoms with van der Waals surface area (Å²) in [5.74, 6) is 3.76. The number of unbranched alkanes of at least 4 members (excludes halogenated alkanes) is 3. The Hall–Kier alpha value is -1.19. The summed E-state index contributed by atoms with van der Waals surface area (Å²) in [4.78, 5) is 0.